The fourth-order valence-electron chi connectivity index (χ4n) is 2.10. The van der Waals surface area contributed by atoms with Crippen molar-refractivity contribution in [1.29, 1.82) is 0 Å². The second kappa shape index (κ2) is 7.53. The van der Waals surface area contributed by atoms with Gasteiger partial charge in [-0.3, -0.25) is 0 Å². The van der Waals surface area contributed by atoms with E-state index in [2.05, 4.69) is 14.9 Å². The minimum atomic E-state index is -3.70. The quantitative estimate of drug-likeness (QED) is 0.686. The molecular weight excluding hydrogens is 385 g/mol. The van der Waals surface area contributed by atoms with Crippen LogP contribution in [0.2, 0.25) is 10.0 Å². The summed E-state index contributed by atoms with van der Waals surface area (Å²) in [6.07, 6.45) is 0.254. The van der Waals surface area contributed by atoms with Crippen LogP contribution < -0.4 is 4.72 Å². The lowest BCUT2D eigenvalue weighted by Crippen LogP contribution is -2.26. The average molecular weight is 398 g/mol. The van der Waals surface area contributed by atoms with Crippen molar-refractivity contribution in [3.05, 3.63) is 64.5 Å². The first-order chi connectivity index (χ1) is 12.0. The molecule has 0 aliphatic rings. The molecule has 9 heteroatoms. The monoisotopic (exact) mass is 397 g/mol. The topological polar surface area (TPSA) is 85.1 Å². The molecular formula is C16H13Cl2N3O3S. The highest BCUT2D eigenvalue weighted by molar-refractivity contribution is 7.89. The van der Waals surface area contributed by atoms with Gasteiger partial charge in [0.15, 0.2) is 0 Å². The summed E-state index contributed by atoms with van der Waals surface area (Å²) in [5, 5.41) is 8.63. The summed E-state index contributed by atoms with van der Waals surface area (Å²) < 4.78 is 32.4. The first kappa shape index (κ1) is 17.9. The molecule has 0 spiro atoms. The van der Waals surface area contributed by atoms with Gasteiger partial charge in [-0.25, -0.2) is 13.1 Å². The summed E-state index contributed by atoms with van der Waals surface area (Å²) in [6.45, 7) is 0.107. The molecule has 0 aliphatic carbocycles. The Morgan fingerprint density at radius 2 is 1.72 bits per heavy atom. The smallest absolute Gasteiger partial charge is 0.247 e. The van der Waals surface area contributed by atoms with E-state index in [9.17, 15) is 8.42 Å². The third-order valence-corrected chi connectivity index (χ3v) is 5.53. The third kappa shape index (κ3) is 4.38. The lowest BCUT2D eigenvalue weighted by Gasteiger charge is -2.06. The summed E-state index contributed by atoms with van der Waals surface area (Å²) >= 11 is 11.8. The highest BCUT2D eigenvalue weighted by Gasteiger charge is 2.17. The van der Waals surface area contributed by atoms with E-state index < -0.39 is 10.0 Å². The summed E-state index contributed by atoms with van der Waals surface area (Å²) in [7, 11) is -3.70. The fraction of sp³-hybridized carbons (Fsp3) is 0.125. The number of nitrogens with one attached hydrogen (secondary N) is 1. The molecule has 0 amide bonds. The van der Waals surface area contributed by atoms with Crippen LogP contribution >= 0.6 is 23.2 Å². The predicted molar refractivity (Wildman–Crippen MR) is 95.1 cm³/mol. The molecule has 130 valence electrons. The van der Waals surface area contributed by atoms with Gasteiger partial charge in [-0.2, -0.15) is 0 Å². The van der Waals surface area contributed by atoms with Crippen LogP contribution in [0.5, 0.6) is 0 Å². The Morgan fingerprint density at radius 1 is 1.00 bits per heavy atom. The molecule has 1 aromatic heterocycles. The lowest BCUT2D eigenvalue weighted by atomic mass is 10.2. The van der Waals surface area contributed by atoms with Gasteiger partial charge in [-0.05, 0) is 36.4 Å². The Kier molecular flexibility index (Phi) is 5.39. The molecule has 0 saturated heterocycles. The zero-order chi connectivity index (χ0) is 17.9. The molecule has 2 aromatic carbocycles. The fourth-order valence-corrected chi connectivity index (χ4v) is 3.77. The Hall–Kier alpha value is -1.93. The molecule has 0 atom stereocenters. The number of benzene rings is 2. The highest BCUT2D eigenvalue weighted by Crippen LogP contribution is 2.21. The number of aromatic nitrogens is 2. The molecule has 0 aliphatic heterocycles. The predicted octanol–water partition coefficient (Wildman–Crippen LogP) is 3.56. The zero-order valence-corrected chi connectivity index (χ0v) is 15.1. The van der Waals surface area contributed by atoms with Crippen molar-refractivity contribution < 1.29 is 12.8 Å². The van der Waals surface area contributed by atoms with Gasteiger partial charge in [0.2, 0.25) is 21.8 Å². The third-order valence-electron chi connectivity index (χ3n) is 3.32. The molecule has 25 heavy (non-hydrogen) atoms. The van der Waals surface area contributed by atoms with Crippen LogP contribution in [0.3, 0.4) is 0 Å². The van der Waals surface area contributed by atoms with E-state index in [0.717, 1.165) is 5.56 Å². The van der Waals surface area contributed by atoms with Crippen molar-refractivity contribution in [2.45, 2.75) is 11.3 Å². The number of halogens is 2. The zero-order valence-electron chi connectivity index (χ0n) is 12.8. The van der Waals surface area contributed by atoms with Gasteiger partial charge in [-0.15, -0.1) is 10.2 Å². The van der Waals surface area contributed by atoms with Gasteiger partial charge in [0.1, 0.15) is 4.90 Å². The van der Waals surface area contributed by atoms with Crippen molar-refractivity contribution in [2.75, 3.05) is 6.54 Å². The Morgan fingerprint density at radius 3 is 2.44 bits per heavy atom. The van der Waals surface area contributed by atoms with E-state index in [0.29, 0.717) is 16.8 Å². The van der Waals surface area contributed by atoms with Gasteiger partial charge in [0.05, 0.1) is 5.02 Å². The molecule has 0 unspecified atom stereocenters. The molecule has 3 aromatic rings. The maximum absolute atomic E-state index is 12.2. The van der Waals surface area contributed by atoms with Crippen molar-refractivity contribution in [1.82, 2.24) is 14.9 Å². The lowest BCUT2D eigenvalue weighted by molar-refractivity contribution is 0.502. The van der Waals surface area contributed by atoms with Crippen molar-refractivity contribution >= 4 is 33.2 Å². The van der Waals surface area contributed by atoms with Gasteiger partial charge < -0.3 is 4.42 Å². The Labute approximate surface area is 154 Å². The standard InChI is InChI=1S/C16H13Cl2N3O3S/c17-12-7-5-11(6-8-12)16-21-20-15(24-16)9-10-19-25(22,23)14-4-2-1-3-13(14)18/h1-8,19H,9-10H2. The van der Waals surface area contributed by atoms with Crippen LogP contribution in [0.15, 0.2) is 57.8 Å². The van der Waals surface area contributed by atoms with Crippen LogP contribution in [0.1, 0.15) is 5.89 Å². The second-order valence-electron chi connectivity index (χ2n) is 5.09. The van der Waals surface area contributed by atoms with Gasteiger partial charge >= 0.3 is 0 Å². The van der Waals surface area contributed by atoms with E-state index in [1.165, 1.54) is 12.1 Å². The maximum atomic E-state index is 12.2. The molecule has 0 bridgehead atoms. The molecule has 1 N–H and O–H groups in total. The van der Waals surface area contributed by atoms with E-state index in [-0.39, 0.29) is 22.9 Å². The summed E-state index contributed by atoms with van der Waals surface area (Å²) in [5.41, 5.74) is 0.736. The van der Waals surface area contributed by atoms with E-state index >= 15 is 0 Å². The number of rotatable bonds is 6. The largest absolute Gasteiger partial charge is 0.421 e. The van der Waals surface area contributed by atoms with Gasteiger partial charge in [0, 0.05) is 23.6 Å². The van der Waals surface area contributed by atoms with Crippen molar-refractivity contribution in [3.63, 3.8) is 0 Å². The second-order valence-corrected chi connectivity index (χ2v) is 7.67. The normalized spacial score (nSPS) is 11.6. The molecule has 0 radical (unpaired) electrons. The number of sulfonamides is 1. The molecule has 0 saturated carbocycles. The number of nitrogens with zero attached hydrogens (tertiary/aromatic N) is 2. The molecule has 6 nitrogen and oxygen atoms in total. The van der Waals surface area contributed by atoms with Crippen LogP contribution in [0.4, 0.5) is 0 Å². The van der Waals surface area contributed by atoms with Gasteiger partial charge in [0.25, 0.3) is 0 Å². The summed E-state index contributed by atoms with van der Waals surface area (Å²) in [4.78, 5) is 0.0315. The van der Waals surface area contributed by atoms with Crippen LogP contribution in [-0.2, 0) is 16.4 Å². The minimum absolute atomic E-state index is 0.0315. The molecule has 1 heterocycles. The van der Waals surface area contributed by atoms with Crippen LogP contribution in [0.25, 0.3) is 11.5 Å². The van der Waals surface area contributed by atoms with E-state index in [1.54, 1.807) is 36.4 Å². The Balaban J connectivity index is 1.63. The molecule has 0 fully saturated rings. The number of hydrogen-bond donors (Lipinski definition) is 1. The Bertz CT molecular complexity index is 972. The minimum Gasteiger partial charge on any atom is -0.421 e. The van der Waals surface area contributed by atoms with Gasteiger partial charge in [-0.1, -0.05) is 35.3 Å². The number of hydrogen-bond acceptors (Lipinski definition) is 5. The highest BCUT2D eigenvalue weighted by atomic mass is 35.5. The van der Waals surface area contributed by atoms with Crippen molar-refractivity contribution in [3.8, 4) is 11.5 Å². The average Bonchev–Trinajstić information content (AvgIpc) is 3.04. The summed E-state index contributed by atoms with van der Waals surface area (Å²) in [5.74, 6) is 0.674. The molecule has 3 rings (SSSR count). The first-order valence-electron chi connectivity index (χ1n) is 7.28. The first-order valence-corrected chi connectivity index (χ1v) is 9.52. The van der Waals surface area contributed by atoms with Crippen LogP contribution in [0, 0.1) is 0 Å². The van der Waals surface area contributed by atoms with E-state index in [1.807, 2.05) is 0 Å². The van der Waals surface area contributed by atoms with Crippen LogP contribution in [-0.4, -0.2) is 25.2 Å². The maximum Gasteiger partial charge on any atom is 0.247 e. The van der Waals surface area contributed by atoms with Crippen molar-refractivity contribution in [2.24, 2.45) is 0 Å². The van der Waals surface area contributed by atoms with E-state index in [4.69, 9.17) is 27.6 Å². The summed E-state index contributed by atoms with van der Waals surface area (Å²) in [6, 6.07) is 13.2. The SMILES string of the molecule is O=S(=O)(NCCc1nnc(-c2ccc(Cl)cc2)o1)c1ccccc1Cl.